The van der Waals surface area contributed by atoms with E-state index in [1.807, 2.05) is 0 Å². The van der Waals surface area contributed by atoms with Crippen molar-refractivity contribution in [3.63, 3.8) is 0 Å². The third-order valence-electron chi connectivity index (χ3n) is 0.732. The molecule has 0 rings (SSSR count). The van der Waals surface area contributed by atoms with Crippen LogP contribution in [0.25, 0.3) is 11.5 Å². The molecule has 2 N–H and O–H groups in total. The molecule has 0 aliphatic heterocycles. The third kappa shape index (κ3) is 40.4. The smallest absolute Gasteiger partial charge is 0.443 e. The first-order chi connectivity index (χ1) is 7.27. The molecular weight excluding hydrogens is 1870 g/mol. The molecule has 23 heavy (non-hydrogen) atoms. The molecule has 0 bridgehead atoms. The molecule has 0 unspecified atom stereocenters. The Morgan fingerprint density at radius 1 is 0.652 bits per heavy atom. The average Bonchev–Trinajstić information content (AvgIpc) is 1.96. The quantitative estimate of drug-likeness (QED) is 0.239. The van der Waals surface area contributed by atoms with E-state index in [4.69, 9.17) is 11.5 Å². The van der Waals surface area contributed by atoms with E-state index in [0.29, 0.717) is 0 Å². The van der Waals surface area contributed by atoms with E-state index in [-0.39, 0.29) is 0 Å². The van der Waals surface area contributed by atoms with Crippen LogP contribution in [-0.2, 0) is 0 Å². The van der Waals surface area contributed by atoms with Gasteiger partial charge in [0.1, 0.15) is 0 Å². The van der Waals surface area contributed by atoms with E-state index in [1.165, 1.54) is 0 Å². The fourth-order valence-electron chi connectivity index (χ4n) is 0.268. The maximum atomic E-state index is 11.2. The fourth-order valence-corrected chi connectivity index (χ4v) is 0.268. The third-order valence-corrected chi connectivity index (χ3v) is 0.732. The fraction of sp³-hybridized carbons (Fsp3) is 0.333. The Labute approximate surface area is 88.4 Å². The second-order valence-electron chi connectivity index (χ2n) is 2.16. The molecule has 0 amide bonds. The van der Waals surface area contributed by atoms with Crippen molar-refractivity contribution in [2.45, 2.75) is 12.4 Å². The van der Waals surface area contributed by atoms with Crippen molar-refractivity contribution < 1.29 is 39.5 Å². The summed E-state index contributed by atoms with van der Waals surface area (Å²) in [7, 11) is 0. The minimum atomic E-state index is -5.37. The van der Waals surface area contributed by atoms with Gasteiger partial charge in [-0.2, -0.15) is 26.3 Å². The van der Waals surface area contributed by atoms with Crippen LogP contribution in [0.5, 0.6) is 0 Å². The van der Waals surface area contributed by atoms with Gasteiger partial charge in [-0.1, -0.05) is 0 Å². The van der Waals surface area contributed by atoms with Gasteiger partial charge in [-0.05, 0) is 0 Å². The first kappa shape index (κ1) is 58.1. The van der Waals surface area contributed by atoms with Crippen molar-refractivity contribution in [1.82, 2.24) is 0 Å². The molecule has 0 saturated heterocycles. The second kappa shape index (κ2) is 12.5. The predicted molar refractivity (Wildman–Crippen MR) is 39.2 cm³/mol. The Kier molecular flexibility index (Phi) is 31.6. The van der Waals surface area contributed by atoms with Crippen molar-refractivity contribution in [2.75, 3.05) is 0 Å². The molecule has 0 aliphatic carbocycles. The zero-order valence-electron chi connectivity index (χ0n) is 11.7. The van der Waals surface area contributed by atoms with Crippen LogP contribution in [-0.4, -0.2) is 12.4 Å². The van der Waals surface area contributed by atoms with Crippen molar-refractivity contribution in [2.24, 2.45) is 0 Å². The van der Waals surface area contributed by atoms with Gasteiger partial charge >= 0.3 is 12.4 Å². The molecule has 0 aliphatic rings. The predicted octanol–water partition coefficient (Wildman–Crippen LogP) is 5.12. The molecule has 17 heteroatoms. The van der Waals surface area contributed by atoms with Gasteiger partial charge in [0.15, 0.2) is 0 Å². The standard InChI is InChI=1S/C3HF5N.C3H2F4N.6Rf/c4-1(2(5)9)3(6,7)8;4-2(8)1-3(5,6)7;;;;;;/h9H;1,8H;;;;;;/q2*-1;;;;;;/b2-1+;2-1-;;;;;;. The molecule has 0 saturated carbocycles. The molecule has 0 radical (unpaired) electrons. The molecule has 0 aromatic rings. The molecule has 0 fully saturated rings. The summed E-state index contributed by atoms with van der Waals surface area (Å²) >= 11 is 0. The number of hydrogen-bond acceptors (Lipinski definition) is 0. The summed E-state index contributed by atoms with van der Waals surface area (Å²) in [5.41, 5.74) is 11.3. The van der Waals surface area contributed by atoms with E-state index < -0.39 is 36.2 Å². The SMILES string of the molecule is [NH-]/C(F)=C(/F)C(F)(F)F.[NH-]/C(F)=C\C(F)(F)F.[Rf].[Rf].[Rf].[Rf].[Rf].[Rf]. The number of nitrogens with one attached hydrogen (secondary N) is 2. The summed E-state index contributed by atoms with van der Waals surface area (Å²) < 4.78 is 98.6. The Hall–Kier alpha value is -7.55. The summed E-state index contributed by atoms with van der Waals surface area (Å²) in [5, 5.41) is 0. The Balaban J connectivity index is -0.0000000260. The molecule has 114 valence electrons. The summed E-state index contributed by atoms with van der Waals surface area (Å²) in [4.78, 5) is 0. The van der Waals surface area contributed by atoms with Crippen LogP contribution in [0.15, 0.2) is 23.8 Å². The average molecular weight is 1880 g/mol. The first-order valence-electron chi connectivity index (χ1n) is 3.28. The number of alkyl halides is 6. The number of rotatable bonds is 0. The van der Waals surface area contributed by atoms with Gasteiger partial charge in [-0.15, -0.1) is 0 Å². The van der Waals surface area contributed by atoms with Crippen molar-refractivity contribution in [3.05, 3.63) is 35.3 Å². The van der Waals surface area contributed by atoms with Crippen molar-refractivity contribution in [1.29, 1.82) is 0 Å². The van der Waals surface area contributed by atoms with Gasteiger partial charge in [-0.25, -0.2) is 13.2 Å². The maximum absolute atomic E-state index is 11.2. The van der Waals surface area contributed by atoms with Crippen molar-refractivity contribution >= 4 is 0 Å². The zero-order chi connectivity index (χ0) is 14.4. The molecule has 0 aromatic carbocycles. The van der Waals surface area contributed by atoms with E-state index >= 15 is 0 Å². The Bertz CT molecular complexity index is 309. The molecule has 0 aromatic heterocycles. The number of halogens is 9. The van der Waals surface area contributed by atoms with Gasteiger partial charge in [0.25, 0.3) is 0 Å². The number of allylic oxidation sites excluding steroid dienone is 2. The van der Waals surface area contributed by atoms with Gasteiger partial charge in [0, 0.05) is 12.0 Å². The number of hydrogen-bond donors (Lipinski definition) is 0. The van der Waals surface area contributed by atoms with Crippen LogP contribution in [0.2, 0.25) is 0 Å². The summed E-state index contributed by atoms with van der Waals surface area (Å²) in [6, 6.07) is 0. The molecule has 0 heterocycles. The topological polar surface area (TPSA) is 47.6 Å². The van der Waals surface area contributed by atoms with Crippen LogP contribution in [0, 0.1) is 0 Å². The molecular formula is C6H3F9N2Rf6-2. The summed E-state index contributed by atoms with van der Waals surface area (Å²) in [6.07, 6.45) is -10.8. The van der Waals surface area contributed by atoms with Crippen LogP contribution in [0.1, 0.15) is 0 Å². The minimum Gasteiger partial charge on any atom is -0.674 e. The van der Waals surface area contributed by atoms with Gasteiger partial charge in [0.05, 0.1) is 5.95 Å². The maximum Gasteiger partial charge on any atom is 0.443 e. The van der Waals surface area contributed by atoms with E-state index in [2.05, 4.69) is 0 Å². The second-order valence-corrected chi connectivity index (χ2v) is 2.16. The normalized spacial score (nSPS) is 10.9. The largest absolute Gasteiger partial charge is 0.674 e. The minimum absolute atomic E-state index is 0. The van der Waals surface area contributed by atoms with Gasteiger partial charge < -0.3 is 11.5 Å². The van der Waals surface area contributed by atoms with Crippen LogP contribution >= 0.6 is 0 Å². The van der Waals surface area contributed by atoms with Crippen LogP contribution < -0.4 is 0 Å². The van der Waals surface area contributed by atoms with Gasteiger partial charge in [-0.3, -0.25) is 0 Å². The van der Waals surface area contributed by atoms with Crippen LogP contribution in [0.3, 0.4) is 0 Å². The summed E-state index contributed by atoms with van der Waals surface area (Å²) in [5.74, 6) is -7.57. The zero-order valence-corrected chi connectivity index (χ0v) is 50.1. The van der Waals surface area contributed by atoms with Crippen LogP contribution in [0.4, 0.5) is 39.5 Å². The van der Waals surface area contributed by atoms with E-state index in [0.717, 1.165) is 0 Å². The molecule has 2 nitrogen and oxygen atoms in total. The first-order valence-corrected chi connectivity index (χ1v) is 3.28. The van der Waals surface area contributed by atoms with Gasteiger partial charge in [0.2, 0.25) is 5.83 Å². The van der Waals surface area contributed by atoms with E-state index in [1.54, 1.807) is 0 Å². The summed E-state index contributed by atoms with van der Waals surface area (Å²) in [6.45, 7) is 0. The molecule has 0 spiro atoms. The Morgan fingerprint density at radius 3 is 0.913 bits per heavy atom. The monoisotopic (exact) mass is 1880 g/mol. The molecule has 0 atom stereocenters. The van der Waals surface area contributed by atoms with E-state index in [9.17, 15) is 39.5 Å². The Morgan fingerprint density at radius 2 is 0.913 bits per heavy atom. The van der Waals surface area contributed by atoms with Crippen molar-refractivity contribution in [3.8, 4) is 0 Å².